The molecular weight excluding hydrogens is 238 g/mol. The summed E-state index contributed by atoms with van der Waals surface area (Å²) in [6.45, 7) is 5.72. The fourth-order valence-corrected chi connectivity index (χ4v) is 2.48. The third kappa shape index (κ3) is 3.48. The minimum Gasteiger partial charge on any atom is -0.493 e. The molecule has 2 aliphatic rings. The van der Waals surface area contributed by atoms with Gasteiger partial charge in [0.15, 0.2) is 0 Å². The predicted molar refractivity (Wildman–Crippen MR) is 75.6 cm³/mol. The average Bonchev–Trinajstić information content (AvgIpc) is 3.13. The molecule has 3 rings (SSSR count). The van der Waals surface area contributed by atoms with Crippen LogP contribution in [0, 0.1) is 5.92 Å². The summed E-state index contributed by atoms with van der Waals surface area (Å²) in [4.78, 5) is 0. The zero-order valence-corrected chi connectivity index (χ0v) is 11.7. The molecule has 104 valence electrons. The normalized spacial score (nSPS) is 19.0. The zero-order chi connectivity index (χ0) is 13.1. The van der Waals surface area contributed by atoms with Crippen molar-refractivity contribution in [2.45, 2.75) is 32.2 Å². The molecule has 0 amide bonds. The van der Waals surface area contributed by atoms with Gasteiger partial charge in [-0.3, -0.25) is 0 Å². The minimum absolute atomic E-state index is 0.371. The van der Waals surface area contributed by atoms with Crippen LogP contribution in [0.3, 0.4) is 0 Å². The van der Waals surface area contributed by atoms with Crippen LogP contribution >= 0.6 is 0 Å². The lowest BCUT2D eigenvalue weighted by molar-refractivity contribution is 0.124. The van der Waals surface area contributed by atoms with Gasteiger partial charge in [0.2, 0.25) is 0 Å². The van der Waals surface area contributed by atoms with E-state index in [2.05, 4.69) is 30.4 Å². The summed E-state index contributed by atoms with van der Waals surface area (Å²) >= 11 is 0. The van der Waals surface area contributed by atoms with Gasteiger partial charge in [-0.15, -0.1) is 0 Å². The second kappa shape index (κ2) is 5.93. The van der Waals surface area contributed by atoms with Gasteiger partial charge < -0.3 is 14.8 Å². The highest BCUT2D eigenvalue weighted by molar-refractivity contribution is 5.40. The molecule has 1 aromatic rings. The third-order valence-electron chi connectivity index (χ3n) is 3.96. The Balaban J connectivity index is 1.42. The standard InChI is InChI=1S/C16H23NO2/c1-12(17-7-9-18-11-13-2-3-13)14-4-5-16-15(10-14)6-8-19-16/h4-5,10,12-13,17H,2-3,6-9,11H2,1H3. The molecule has 1 saturated carbocycles. The molecule has 1 aliphatic carbocycles. The molecule has 1 unspecified atom stereocenters. The van der Waals surface area contributed by atoms with Crippen LogP contribution in [0.25, 0.3) is 0 Å². The number of hydrogen-bond donors (Lipinski definition) is 1. The predicted octanol–water partition coefficient (Wildman–Crippen LogP) is 2.70. The molecule has 1 aliphatic heterocycles. The lowest BCUT2D eigenvalue weighted by Crippen LogP contribution is -2.23. The molecule has 0 spiro atoms. The Labute approximate surface area is 115 Å². The minimum atomic E-state index is 0.371. The second-order valence-electron chi connectivity index (χ2n) is 5.66. The third-order valence-corrected chi connectivity index (χ3v) is 3.96. The van der Waals surface area contributed by atoms with Crippen molar-refractivity contribution in [3.8, 4) is 5.75 Å². The Morgan fingerprint density at radius 3 is 3.16 bits per heavy atom. The van der Waals surface area contributed by atoms with Gasteiger partial charge in [-0.25, -0.2) is 0 Å². The van der Waals surface area contributed by atoms with Gasteiger partial charge >= 0.3 is 0 Å². The van der Waals surface area contributed by atoms with Crippen LogP contribution in [-0.4, -0.2) is 26.4 Å². The first-order chi connectivity index (χ1) is 9.33. The van der Waals surface area contributed by atoms with Gasteiger partial charge in [0, 0.05) is 25.6 Å². The molecule has 0 bridgehead atoms. The van der Waals surface area contributed by atoms with E-state index >= 15 is 0 Å². The van der Waals surface area contributed by atoms with E-state index in [0.29, 0.717) is 6.04 Å². The van der Waals surface area contributed by atoms with Crippen molar-refractivity contribution in [1.82, 2.24) is 5.32 Å². The zero-order valence-electron chi connectivity index (χ0n) is 11.7. The smallest absolute Gasteiger partial charge is 0.122 e. The lowest BCUT2D eigenvalue weighted by atomic mass is 10.0. The molecular formula is C16H23NO2. The number of nitrogens with one attached hydrogen (secondary N) is 1. The van der Waals surface area contributed by atoms with Crippen molar-refractivity contribution in [2.75, 3.05) is 26.4 Å². The Kier molecular flexibility index (Phi) is 4.04. The SMILES string of the molecule is CC(NCCOCC1CC1)c1ccc2c(c1)CCO2. The number of fused-ring (bicyclic) bond motifs is 1. The van der Waals surface area contributed by atoms with Crippen molar-refractivity contribution in [3.05, 3.63) is 29.3 Å². The van der Waals surface area contributed by atoms with Crippen molar-refractivity contribution in [1.29, 1.82) is 0 Å². The van der Waals surface area contributed by atoms with Crippen molar-refractivity contribution < 1.29 is 9.47 Å². The van der Waals surface area contributed by atoms with Gasteiger partial charge in [-0.2, -0.15) is 0 Å². The number of rotatable bonds is 7. The summed E-state index contributed by atoms with van der Waals surface area (Å²) in [6, 6.07) is 6.90. The number of ether oxygens (including phenoxy) is 2. The molecule has 1 heterocycles. The fraction of sp³-hybridized carbons (Fsp3) is 0.625. The van der Waals surface area contributed by atoms with Crippen LogP contribution in [-0.2, 0) is 11.2 Å². The fourth-order valence-electron chi connectivity index (χ4n) is 2.48. The van der Waals surface area contributed by atoms with Crippen molar-refractivity contribution in [2.24, 2.45) is 5.92 Å². The van der Waals surface area contributed by atoms with Crippen LogP contribution in [0.5, 0.6) is 5.75 Å². The van der Waals surface area contributed by atoms with Gasteiger partial charge in [0.1, 0.15) is 5.75 Å². The lowest BCUT2D eigenvalue weighted by Gasteiger charge is -2.15. The van der Waals surface area contributed by atoms with Crippen molar-refractivity contribution >= 4 is 0 Å². The highest BCUT2D eigenvalue weighted by Crippen LogP contribution is 2.29. The first-order valence-electron chi connectivity index (χ1n) is 7.39. The highest BCUT2D eigenvalue weighted by Gasteiger charge is 2.21. The summed E-state index contributed by atoms with van der Waals surface area (Å²) in [5, 5.41) is 3.52. The maximum Gasteiger partial charge on any atom is 0.122 e. The van der Waals surface area contributed by atoms with Crippen LogP contribution in [0.1, 0.15) is 36.9 Å². The van der Waals surface area contributed by atoms with Crippen molar-refractivity contribution in [3.63, 3.8) is 0 Å². The van der Waals surface area contributed by atoms with E-state index in [4.69, 9.17) is 9.47 Å². The molecule has 19 heavy (non-hydrogen) atoms. The van der Waals surface area contributed by atoms with Gasteiger partial charge in [-0.1, -0.05) is 12.1 Å². The van der Waals surface area contributed by atoms with Gasteiger partial charge in [0.05, 0.1) is 13.2 Å². The summed E-state index contributed by atoms with van der Waals surface area (Å²) in [7, 11) is 0. The van der Waals surface area contributed by atoms with E-state index in [1.165, 1.54) is 24.0 Å². The quantitative estimate of drug-likeness (QED) is 0.766. The van der Waals surface area contributed by atoms with E-state index < -0.39 is 0 Å². The van der Waals surface area contributed by atoms with E-state index in [9.17, 15) is 0 Å². The molecule has 1 aromatic carbocycles. The van der Waals surface area contributed by atoms with Crippen LogP contribution in [0.4, 0.5) is 0 Å². The Bertz CT molecular complexity index is 429. The van der Waals surface area contributed by atoms with Crippen LogP contribution in [0.2, 0.25) is 0 Å². The first kappa shape index (κ1) is 12.9. The molecule has 1 N–H and O–H groups in total. The summed E-state index contributed by atoms with van der Waals surface area (Å²) in [5.41, 5.74) is 2.68. The monoisotopic (exact) mass is 261 g/mol. The van der Waals surface area contributed by atoms with E-state index in [1.807, 2.05) is 0 Å². The Morgan fingerprint density at radius 1 is 1.42 bits per heavy atom. The molecule has 3 heteroatoms. The summed E-state index contributed by atoms with van der Waals surface area (Å²) < 4.78 is 11.2. The summed E-state index contributed by atoms with van der Waals surface area (Å²) in [5.74, 6) is 1.91. The van der Waals surface area contributed by atoms with Gasteiger partial charge in [-0.05, 0) is 42.9 Å². The molecule has 3 nitrogen and oxygen atoms in total. The number of hydrogen-bond acceptors (Lipinski definition) is 3. The largest absolute Gasteiger partial charge is 0.493 e. The molecule has 1 atom stereocenters. The van der Waals surface area contributed by atoms with E-state index in [1.54, 1.807) is 0 Å². The molecule has 0 radical (unpaired) electrons. The van der Waals surface area contributed by atoms with E-state index in [0.717, 1.165) is 44.5 Å². The molecule has 1 fully saturated rings. The first-order valence-corrected chi connectivity index (χ1v) is 7.39. The highest BCUT2D eigenvalue weighted by atomic mass is 16.5. The van der Waals surface area contributed by atoms with Gasteiger partial charge in [0.25, 0.3) is 0 Å². The van der Waals surface area contributed by atoms with Crippen LogP contribution < -0.4 is 10.1 Å². The second-order valence-corrected chi connectivity index (χ2v) is 5.66. The Hall–Kier alpha value is -1.06. The Morgan fingerprint density at radius 2 is 2.32 bits per heavy atom. The molecule has 0 saturated heterocycles. The maximum absolute atomic E-state index is 5.64. The maximum atomic E-state index is 5.64. The topological polar surface area (TPSA) is 30.5 Å². The average molecular weight is 261 g/mol. The van der Waals surface area contributed by atoms with Crippen LogP contribution in [0.15, 0.2) is 18.2 Å². The van der Waals surface area contributed by atoms with E-state index in [-0.39, 0.29) is 0 Å². The number of benzene rings is 1. The summed E-state index contributed by atoms with van der Waals surface area (Å²) in [6.07, 6.45) is 3.77. The molecule has 0 aromatic heterocycles.